The summed E-state index contributed by atoms with van der Waals surface area (Å²) in [5, 5.41) is 3.50. The Labute approximate surface area is 131 Å². The molecule has 0 spiro atoms. The Bertz CT molecular complexity index is 447. The highest BCUT2D eigenvalue weighted by atomic mass is 32.2. The quantitative estimate of drug-likeness (QED) is 0.590. The number of rotatable bonds is 8. The number of hydrogen-bond acceptors (Lipinski definition) is 5. The third-order valence-electron chi connectivity index (χ3n) is 3.77. The Hall–Kier alpha value is -0.910. The zero-order chi connectivity index (χ0) is 15.1. The summed E-state index contributed by atoms with van der Waals surface area (Å²) in [5.74, 6) is 1.57. The molecule has 1 heterocycles. The fourth-order valence-electron chi connectivity index (χ4n) is 2.59. The van der Waals surface area contributed by atoms with Crippen LogP contribution in [0, 0.1) is 0 Å². The van der Waals surface area contributed by atoms with Crippen LogP contribution in [0.2, 0.25) is 0 Å². The minimum Gasteiger partial charge on any atom is -0.493 e. The molecule has 118 valence electrons. The molecule has 1 atom stereocenters. The van der Waals surface area contributed by atoms with E-state index in [1.807, 2.05) is 6.07 Å². The molecule has 0 amide bonds. The van der Waals surface area contributed by atoms with Crippen LogP contribution in [0.3, 0.4) is 0 Å². The number of thioether (sulfide) groups is 1. The second-order valence-corrected chi connectivity index (χ2v) is 5.97. The molecule has 1 aromatic rings. The maximum Gasteiger partial charge on any atom is 0.161 e. The van der Waals surface area contributed by atoms with Crippen molar-refractivity contribution in [2.45, 2.75) is 36.8 Å². The van der Waals surface area contributed by atoms with Crippen molar-refractivity contribution >= 4 is 11.8 Å². The molecule has 0 aromatic heterocycles. The minimum atomic E-state index is 0.447. The molecular formula is C16H25NO3S. The lowest BCUT2D eigenvalue weighted by molar-refractivity contribution is 0.104. The number of nitrogens with one attached hydrogen (secondary N) is 1. The molecule has 0 saturated carbocycles. The Balaban J connectivity index is 1.91. The third kappa shape index (κ3) is 4.53. The molecule has 0 bridgehead atoms. The van der Waals surface area contributed by atoms with Gasteiger partial charge in [-0.3, -0.25) is 0 Å². The number of methoxy groups -OCH3 is 2. The van der Waals surface area contributed by atoms with Crippen molar-refractivity contribution in [2.75, 3.05) is 33.6 Å². The van der Waals surface area contributed by atoms with Crippen molar-refractivity contribution in [2.24, 2.45) is 0 Å². The fraction of sp³-hybridized carbons (Fsp3) is 0.625. The van der Waals surface area contributed by atoms with Crippen LogP contribution in [0.5, 0.6) is 11.5 Å². The second-order valence-electron chi connectivity index (χ2n) is 5.12. The van der Waals surface area contributed by atoms with Gasteiger partial charge in [-0.2, -0.15) is 0 Å². The van der Waals surface area contributed by atoms with E-state index in [1.54, 1.807) is 26.0 Å². The summed E-state index contributed by atoms with van der Waals surface area (Å²) >= 11 is 1.73. The number of ether oxygens (including phenoxy) is 3. The summed E-state index contributed by atoms with van der Waals surface area (Å²) in [4.78, 5) is 1.22. The lowest BCUT2D eigenvalue weighted by Crippen LogP contribution is -2.20. The van der Waals surface area contributed by atoms with E-state index in [-0.39, 0.29) is 0 Å². The summed E-state index contributed by atoms with van der Waals surface area (Å²) in [6, 6.07) is 4.10. The largest absolute Gasteiger partial charge is 0.493 e. The molecular weight excluding hydrogens is 286 g/mol. The predicted octanol–water partition coefficient (Wildman–Crippen LogP) is 3.08. The van der Waals surface area contributed by atoms with Crippen molar-refractivity contribution in [1.29, 1.82) is 0 Å². The van der Waals surface area contributed by atoms with Crippen molar-refractivity contribution in [3.8, 4) is 11.5 Å². The Morgan fingerprint density at radius 3 is 2.67 bits per heavy atom. The van der Waals surface area contributed by atoms with Crippen molar-refractivity contribution in [3.63, 3.8) is 0 Å². The van der Waals surface area contributed by atoms with Gasteiger partial charge in [-0.1, -0.05) is 0 Å². The first-order valence-electron chi connectivity index (χ1n) is 7.39. The lowest BCUT2D eigenvalue weighted by Gasteiger charge is -2.15. The Morgan fingerprint density at radius 1 is 1.29 bits per heavy atom. The van der Waals surface area contributed by atoms with E-state index < -0.39 is 0 Å². The SMILES string of the molecule is COc1cc(CNCCC2CCCO2)c(SC)cc1OC. The Morgan fingerprint density at radius 2 is 2.05 bits per heavy atom. The van der Waals surface area contributed by atoms with Gasteiger partial charge in [-0.25, -0.2) is 0 Å². The van der Waals surface area contributed by atoms with Crippen LogP contribution in [0.4, 0.5) is 0 Å². The van der Waals surface area contributed by atoms with Crippen molar-refractivity contribution < 1.29 is 14.2 Å². The molecule has 1 saturated heterocycles. The van der Waals surface area contributed by atoms with Crippen LogP contribution in [0.15, 0.2) is 17.0 Å². The average molecular weight is 311 g/mol. The normalized spacial score (nSPS) is 18.0. The molecule has 2 rings (SSSR count). The minimum absolute atomic E-state index is 0.447. The number of benzene rings is 1. The number of hydrogen-bond donors (Lipinski definition) is 1. The lowest BCUT2D eigenvalue weighted by atomic mass is 10.1. The van der Waals surface area contributed by atoms with E-state index >= 15 is 0 Å². The van der Waals surface area contributed by atoms with Gasteiger partial charge in [0.25, 0.3) is 0 Å². The van der Waals surface area contributed by atoms with Gasteiger partial charge in [0.1, 0.15) is 0 Å². The topological polar surface area (TPSA) is 39.7 Å². The molecule has 1 fully saturated rings. The molecule has 1 aliphatic heterocycles. The standard InChI is InChI=1S/C16H25NO3S/c1-18-14-9-12(16(21-3)10-15(14)19-2)11-17-7-6-13-5-4-8-20-13/h9-10,13,17H,4-8,11H2,1-3H3. The fourth-order valence-corrected chi connectivity index (χ4v) is 3.21. The zero-order valence-electron chi connectivity index (χ0n) is 13.1. The van der Waals surface area contributed by atoms with Crippen LogP contribution in [0.1, 0.15) is 24.8 Å². The second kappa shape index (κ2) is 8.51. The van der Waals surface area contributed by atoms with Gasteiger partial charge >= 0.3 is 0 Å². The van der Waals surface area contributed by atoms with Crippen LogP contribution in [-0.2, 0) is 11.3 Å². The van der Waals surface area contributed by atoms with Crippen LogP contribution in [0.25, 0.3) is 0 Å². The van der Waals surface area contributed by atoms with E-state index in [0.717, 1.165) is 37.6 Å². The van der Waals surface area contributed by atoms with E-state index in [4.69, 9.17) is 14.2 Å². The van der Waals surface area contributed by atoms with Crippen LogP contribution < -0.4 is 14.8 Å². The predicted molar refractivity (Wildman–Crippen MR) is 86.6 cm³/mol. The summed E-state index contributed by atoms with van der Waals surface area (Å²) in [7, 11) is 3.34. The summed E-state index contributed by atoms with van der Waals surface area (Å²) in [6.07, 6.45) is 6.02. The van der Waals surface area contributed by atoms with Crippen LogP contribution in [-0.4, -0.2) is 39.7 Å². The van der Waals surface area contributed by atoms with Gasteiger partial charge in [-0.05, 0) is 49.8 Å². The maximum absolute atomic E-state index is 5.64. The molecule has 0 aliphatic carbocycles. The maximum atomic E-state index is 5.64. The van der Waals surface area contributed by atoms with Gasteiger partial charge in [0.05, 0.1) is 20.3 Å². The molecule has 1 unspecified atom stereocenters. The van der Waals surface area contributed by atoms with Gasteiger partial charge < -0.3 is 19.5 Å². The summed E-state index contributed by atoms with van der Waals surface area (Å²) < 4.78 is 16.4. The smallest absolute Gasteiger partial charge is 0.161 e. The van der Waals surface area contributed by atoms with Crippen molar-refractivity contribution in [3.05, 3.63) is 17.7 Å². The molecule has 21 heavy (non-hydrogen) atoms. The van der Waals surface area contributed by atoms with E-state index in [2.05, 4.69) is 17.6 Å². The van der Waals surface area contributed by atoms with Crippen molar-refractivity contribution in [1.82, 2.24) is 5.32 Å². The first kappa shape index (κ1) is 16.5. The molecule has 1 aliphatic rings. The monoisotopic (exact) mass is 311 g/mol. The first-order valence-corrected chi connectivity index (χ1v) is 8.62. The van der Waals surface area contributed by atoms with E-state index in [1.165, 1.54) is 23.3 Å². The highest BCUT2D eigenvalue weighted by Gasteiger charge is 2.15. The van der Waals surface area contributed by atoms with Crippen LogP contribution >= 0.6 is 11.8 Å². The summed E-state index contributed by atoms with van der Waals surface area (Å²) in [6.45, 7) is 2.74. The Kier molecular flexibility index (Phi) is 6.67. The summed E-state index contributed by atoms with van der Waals surface area (Å²) in [5.41, 5.74) is 1.24. The first-order chi connectivity index (χ1) is 10.3. The highest BCUT2D eigenvalue weighted by Crippen LogP contribution is 2.34. The molecule has 0 radical (unpaired) electrons. The van der Waals surface area contributed by atoms with Gasteiger partial charge in [0.15, 0.2) is 11.5 Å². The van der Waals surface area contributed by atoms with Gasteiger partial charge in [0.2, 0.25) is 0 Å². The van der Waals surface area contributed by atoms with E-state index in [9.17, 15) is 0 Å². The molecule has 1 aromatic carbocycles. The molecule has 5 heteroatoms. The highest BCUT2D eigenvalue weighted by molar-refractivity contribution is 7.98. The molecule has 4 nitrogen and oxygen atoms in total. The van der Waals surface area contributed by atoms with Gasteiger partial charge in [-0.15, -0.1) is 11.8 Å². The molecule has 1 N–H and O–H groups in total. The van der Waals surface area contributed by atoms with E-state index in [0.29, 0.717) is 6.10 Å². The zero-order valence-corrected chi connectivity index (χ0v) is 13.9. The third-order valence-corrected chi connectivity index (χ3v) is 4.59. The average Bonchev–Trinajstić information content (AvgIpc) is 3.04. The van der Waals surface area contributed by atoms with Gasteiger partial charge in [0, 0.05) is 18.0 Å².